The van der Waals surface area contributed by atoms with Crippen molar-refractivity contribution in [1.82, 2.24) is 9.88 Å². The minimum Gasteiger partial charge on any atom is -0.297 e. The second-order valence-corrected chi connectivity index (χ2v) is 7.10. The molecule has 3 rings (SSSR count). The molecule has 1 aromatic carbocycles. The first-order valence-corrected chi connectivity index (χ1v) is 8.86. The van der Waals surface area contributed by atoms with Gasteiger partial charge in [0.1, 0.15) is 0 Å². The van der Waals surface area contributed by atoms with Gasteiger partial charge in [-0.15, -0.1) is 0 Å². The molecule has 1 fully saturated rings. The van der Waals surface area contributed by atoms with Crippen LogP contribution in [0.25, 0.3) is 0 Å². The molecule has 0 spiro atoms. The van der Waals surface area contributed by atoms with Crippen molar-refractivity contribution in [3.05, 3.63) is 63.9 Å². The number of nitrogens with zero attached hydrogens (tertiary/aromatic N) is 2. The van der Waals surface area contributed by atoms with Gasteiger partial charge in [0, 0.05) is 35.3 Å². The van der Waals surface area contributed by atoms with Crippen molar-refractivity contribution in [3.8, 4) is 0 Å². The van der Waals surface area contributed by atoms with Gasteiger partial charge in [0.15, 0.2) is 5.78 Å². The molecule has 0 bridgehead atoms. The summed E-state index contributed by atoms with van der Waals surface area (Å²) in [4.78, 5) is 19.8. The molecule has 4 heteroatoms. The summed E-state index contributed by atoms with van der Waals surface area (Å²) >= 11 is 6.01. The fourth-order valence-corrected chi connectivity index (χ4v) is 3.68. The third-order valence-corrected chi connectivity index (χ3v) is 4.90. The van der Waals surface area contributed by atoms with Gasteiger partial charge in [-0.05, 0) is 69.1 Å². The Morgan fingerprint density at radius 1 is 1.29 bits per heavy atom. The molecular formula is C20H23ClN2O. The zero-order chi connectivity index (χ0) is 17.1. The van der Waals surface area contributed by atoms with E-state index < -0.39 is 0 Å². The summed E-state index contributed by atoms with van der Waals surface area (Å²) in [5, 5.41) is 0.680. The van der Waals surface area contributed by atoms with E-state index in [0.29, 0.717) is 5.02 Å². The summed E-state index contributed by atoms with van der Waals surface area (Å²) in [7, 11) is 0. The Morgan fingerprint density at radius 3 is 2.88 bits per heavy atom. The summed E-state index contributed by atoms with van der Waals surface area (Å²) < 4.78 is 0. The number of likely N-dealkylation sites (tertiary alicyclic amines) is 1. The largest absolute Gasteiger partial charge is 0.297 e. The van der Waals surface area contributed by atoms with E-state index in [1.165, 1.54) is 0 Å². The lowest BCUT2D eigenvalue weighted by Gasteiger charge is -2.32. The van der Waals surface area contributed by atoms with E-state index in [9.17, 15) is 4.79 Å². The molecule has 24 heavy (non-hydrogen) atoms. The fraction of sp³-hybridized carbons (Fsp3) is 0.400. The Balaban J connectivity index is 1.69. The normalized spacial score (nSPS) is 18.5. The number of carbonyl (C=O) groups is 1. The lowest BCUT2D eigenvalue weighted by Crippen LogP contribution is -2.38. The van der Waals surface area contributed by atoms with Gasteiger partial charge in [0.2, 0.25) is 0 Å². The Bertz CT molecular complexity index is 744. The molecule has 0 unspecified atom stereocenters. The fourth-order valence-electron chi connectivity index (χ4n) is 3.45. The van der Waals surface area contributed by atoms with Crippen molar-refractivity contribution < 1.29 is 4.79 Å². The number of carbonyl (C=O) groups excluding carboxylic acids is 1. The van der Waals surface area contributed by atoms with Crippen LogP contribution >= 0.6 is 11.6 Å². The summed E-state index contributed by atoms with van der Waals surface area (Å²) in [5.41, 5.74) is 3.88. The highest BCUT2D eigenvalue weighted by Crippen LogP contribution is 2.25. The highest BCUT2D eigenvalue weighted by atomic mass is 35.5. The van der Waals surface area contributed by atoms with Crippen LogP contribution in [0.15, 0.2) is 36.4 Å². The van der Waals surface area contributed by atoms with Crippen molar-refractivity contribution in [1.29, 1.82) is 0 Å². The molecular weight excluding hydrogens is 320 g/mol. The third kappa shape index (κ3) is 4.03. The predicted molar refractivity (Wildman–Crippen MR) is 97.5 cm³/mol. The average Bonchev–Trinajstić information content (AvgIpc) is 2.54. The highest BCUT2D eigenvalue weighted by Gasteiger charge is 2.27. The molecule has 0 aliphatic carbocycles. The number of aryl methyl sites for hydroxylation is 2. The van der Waals surface area contributed by atoms with Crippen LogP contribution in [0.4, 0.5) is 0 Å². The average molecular weight is 343 g/mol. The molecule has 1 aliphatic heterocycles. The Kier molecular flexibility index (Phi) is 5.32. The van der Waals surface area contributed by atoms with Crippen LogP contribution in [0, 0.1) is 19.8 Å². The van der Waals surface area contributed by atoms with E-state index in [4.69, 9.17) is 11.6 Å². The van der Waals surface area contributed by atoms with E-state index in [0.717, 1.165) is 55.0 Å². The number of piperidine rings is 1. The van der Waals surface area contributed by atoms with Crippen molar-refractivity contribution in [2.24, 2.45) is 5.92 Å². The van der Waals surface area contributed by atoms with Crippen LogP contribution in [0.5, 0.6) is 0 Å². The summed E-state index contributed by atoms with van der Waals surface area (Å²) in [5.74, 6) is 0.300. The quantitative estimate of drug-likeness (QED) is 0.770. The maximum absolute atomic E-state index is 12.9. The van der Waals surface area contributed by atoms with E-state index in [1.54, 1.807) is 6.07 Å². The zero-order valence-corrected chi connectivity index (χ0v) is 15.0. The van der Waals surface area contributed by atoms with Crippen LogP contribution in [-0.4, -0.2) is 28.8 Å². The number of benzene rings is 1. The maximum atomic E-state index is 12.9. The molecule has 0 amide bonds. The first-order chi connectivity index (χ1) is 11.5. The topological polar surface area (TPSA) is 33.2 Å². The number of hydrogen-bond acceptors (Lipinski definition) is 3. The number of aromatic nitrogens is 1. The second-order valence-electron chi connectivity index (χ2n) is 6.67. The van der Waals surface area contributed by atoms with Crippen LogP contribution < -0.4 is 0 Å². The number of rotatable bonds is 4. The highest BCUT2D eigenvalue weighted by molar-refractivity contribution is 6.30. The van der Waals surface area contributed by atoms with Crippen molar-refractivity contribution in [2.75, 3.05) is 13.1 Å². The van der Waals surface area contributed by atoms with Gasteiger partial charge in [-0.3, -0.25) is 14.7 Å². The molecule has 0 N–H and O–H groups in total. The van der Waals surface area contributed by atoms with Crippen molar-refractivity contribution in [3.63, 3.8) is 0 Å². The number of hydrogen-bond donors (Lipinski definition) is 0. The SMILES string of the molecule is Cc1cccc(CN2CCC[C@@H](C(=O)c3ccc(Cl)cc3C)C2)n1. The number of pyridine rings is 1. The number of halogens is 1. The second kappa shape index (κ2) is 7.45. The van der Waals surface area contributed by atoms with Crippen LogP contribution in [0.1, 0.15) is 40.2 Å². The molecule has 1 aromatic heterocycles. The molecule has 0 saturated carbocycles. The molecule has 126 valence electrons. The molecule has 1 atom stereocenters. The Labute approximate surface area is 148 Å². The number of Topliss-reactive ketones (excluding diaryl/α,β-unsaturated/α-hetero) is 1. The summed E-state index contributed by atoms with van der Waals surface area (Å²) in [6.45, 7) is 6.60. The molecule has 1 aliphatic rings. The van der Waals surface area contributed by atoms with Crippen molar-refractivity contribution >= 4 is 17.4 Å². The molecule has 0 radical (unpaired) electrons. The van der Waals surface area contributed by atoms with Crippen LogP contribution in [-0.2, 0) is 6.54 Å². The van der Waals surface area contributed by atoms with Gasteiger partial charge >= 0.3 is 0 Å². The monoisotopic (exact) mass is 342 g/mol. The molecule has 2 heterocycles. The van der Waals surface area contributed by atoms with Gasteiger partial charge in [-0.1, -0.05) is 17.7 Å². The lowest BCUT2D eigenvalue weighted by atomic mass is 9.88. The van der Waals surface area contributed by atoms with Crippen LogP contribution in [0.3, 0.4) is 0 Å². The zero-order valence-electron chi connectivity index (χ0n) is 14.3. The van der Waals surface area contributed by atoms with Gasteiger partial charge < -0.3 is 0 Å². The van der Waals surface area contributed by atoms with Gasteiger partial charge in [-0.25, -0.2) is 0 Å². The standard InChI is InChI=1S/C20H23ClN2O/c1-14-11-17(21)8-9-19(14)20(24)16-6-4-10-23(12-16)13-18-7-3-5-15(2)22-18/h3,5,7-9,11,16H,4,6,10,12-13H2,1-2H3/t16-/m1/s1. The van der Waals surface area contributed by atoms with E-state index >= 15 is 0 Å². The molecule has 1 saturated heterocycles. The summed E-state index contributed by atoms with van der Waals surface area (Å²) in [6.07, 6.45) is 2.01. The van der Waals surface area contributed by atoms with Crippen LogP contribution in [0.2, 0.25) is 5.02 Å². The van der Waals surface area contributed by atoms with Gasteiger partial charge in [0.05, 0.1) is 5.69 Å². The summed E-state index contributed by atoms with van der Waals surface area (Å²) in [6, 6.07) is 11.6. The predicted octanol–water partition coefficient (Wildman–Crippen LogP) is 4.45. The van der Waals surface area contributed by atoms with Gasteiger partial charge in [0.25, 0.3) is 0 Å². The first kappa shape index (κ1) is 17.1. The van der Waals surface area contributed by atoms with Crippen molar-refractivity contribution in [2.45, 2.75) is 33.2 Å². The molecule has 2 aromatic rings. The van der Waals surface area contributed by atoms with E-state index in [2.05, 4.69) is 16.0 Å². The third-order valence-electron chi connectivity index (χ3n) is 4.66. The minimum absolute atomic E-state index is 0.0587. The minimum atomic E-state index is 0.0587. The molecule has 3 nitrogen and oxygen atoms in total. The Hall–Kier alpha value is -1.71. The van der Waals surface area contributed by atoms with E-state index in [-0.39, 0.29) is 11.7 Å². The van der Waals surface area contributed by atoms with Gasteiger partial charge in [-0.2, -0.15) is 0 Å². The smallest absolute Gasteiger partial charge is 0.167 e. The maximum Gasteiger partial charge on any atom is 0.167 e. The Morgan fingerprint density at radius 2 is 2.12 bits per heavy atom. The van der Waals surface area contributed by atoms with E-state index in [1.807, 2.05) is 38.1 Å². The lowest BCUT2D eigenvalue weighted by molar-refractivity contribution is 0.0809. The first-order valence-electron chi connectivity index (χ1n) is 8.48. The number of ketones is 1.